The molecule has 2 rings (SSSR count). The van der Waals surface area contributed by atoms with Gasteiger partial charge in [0.15, 0.2) is 0 Å². The summed E-state index contributed by atoms with van der Waals surface area (Å²) >= 11 is 0. The minimum absolute atomic E-state index is 0.494. The van der Waals surface area contributed by atoms with Gasteiger partial charge in [0, 0.05) is 12.1 Å². The molecule has 4 atom stereocenters. The number of hydrogen-bond acceptors (Lipinski definition) is 2. The highest BCUT2D eigenvalue weighted by atomic mass is 16.5. The molecule has 0 aromatic rings. The molecule has 2 nitrogen and oxygen atoms in total. The van der Waals surface area contributed by atoms with Gasteiger partial charge in [-0.15, -0.1) is 0 Å². The number of hydrogen-bond donors (Lipinski definition) is 1. The summed E-state index contributed by atoms with van der Waals surface area (Å²) in [5.74, 6) is 0.737. The Labute approximate surface area is 93.8 Å². The van der Waals surface area contributed by atoms with E-state index in [1.807, 2.05) is 0 Å². The van der Waals surface area contributed by atoms with Crippen LogP contribution in [0.1, 0.15) is 52.9 Å². The first kappa shape index (κ1) is 11.4. The lowest BCUT2D eigenvalue weighted by Crippen LogP contribution is -2.35. The average Bonchev–Trinajstić information content (AvgIpc) is 2.90. The topological polar surface area (TPSA) is 21.3 Å². The molecule has 1 N–H and O–H groups in total. The molecule has 88 valence electrons. The monoisotopic (exact) mass is 211 g/mol. The van der Waals surface area contributed by atoms with Gasteiger partial charge in [-0.05, 0) is 51.9 Å². The van der Waals surface area contributed by atoms with Gasteiger partial charge in [-0.1, -0.05) is 6.92 Å². The van der Waals surface area contributed by atoms with Crippen LogP contribution in [0.25, 0.3) is 0 Å². The second-order valence-electron chi connectivity index (χ2n) is 5.59. The molecule has 15 heavy (non-hydrogen) atoms. The molecule has 1 aliphatic carbocycles. The third kappa shape index (κ3) is 3.46. The van der Waals surface area contributed by atoms with Crippen LogP contribution in [0.2, 0.25) is 0 Å². The summed E-state index contributed by atoms with van der Waals surface area (Å²) < 4.78 is 5.87. The summed E-state index contributed by atoms with van der Waals surface area (Å²) in [6.45, 7) is 6.87. The Kier molecular flexibility index (Phi) is 3.68. The number of nitrogens with one attached hydrogen (secondary N) is 1. The molecule has 4 unspecified atom stereocenters. The highest BCUT2D eigenvalue weighted by molar-refractivity contribution is 4.86. The first-order valence-corrected chi connectivity index (χ1v) is 6.56. The predicted molar refractivity (Wildman–Crippen MR) is 63.0 cm³/mol. The van der Waals surface area contributed by atoms with Crippen LogP contribution in [-0.4, -0.2) is 24.3 Å². The largest absolute Gasteiger partial charge is 0.375 e. The molecular formula is C13H25NO. The van der Waals surface area contributed by atoms with E-state index in [1.54, 1.807) is 0 Å². The summed E-state index contributed by atoms with van der Waals surface area (Å²) in [5.41, 5.74) is 0. The molecule has 0 spiro atoms. The first-order valence-electron chi connectivity index (χ1n) is 6.56. The van der Waals surface area contributed by atoms with Crippen LogP contribution >= 0.6 is 0 Å². The third-order valence-corrected chi connectivity index (χ3v) is 3.88. The van der Waals surface area contributed by atoms with Crippen LogP contribution in [-0.2, 0) is 4.74 Å². The lowest BCUT2D eigenvalue weighted by Gasteiger charge is -2.24. The normalized spacial score (nSPS) is 35.4. The smallest absolute Gasteiger partial charge is 0.0582 e. The van der Waals surface area contributed by atoms with Crippen LogP contribution in [0.5, 0.6) is 0 Å². The molecule has 0 aromatic heterocycles. The molecule has 2 fully saturated rings. The van der Waals surface area contributed by atoms with E-state index in [9.17, 15) is 0 Å². The lowest BCUT2D eigenvalue weighted by atomic mass is 9.95. The van der Waals surface area contributed by atoms with Crippen LogP contribution in [0.3, 0.4) is 0 Å². The molecule has 2 aliphatic rings. The highest BCUT2D eigenvalue weighted by Crippen LogP contribution is 2.27. The number of rotatable bonds is 5. The molecule has 1 aliphatic heterocycles. The highest BCUT2D eigenvalue weighted by Gasteiger charge is 2.28. The SMILES string of the molecule is CC1CCC(CC(C)C(C)NC2CC2)O1. The fourth-order valence-electron chi connectivity index (χ4n) is 2.46. The molecule has 0 radical (unpaired) electrons. The van der Waals surface area contributed by atoms with Gasteiger partial charge in [0.05, 0.1) is 12.2 Å². The fourth-order valence-corrected chi connectivity index (χ4v) is 2.46. The molecular weight excluding hydrogens is 186 g/mol. The zero-order chi connectivity index (χ0) is 10.8. The van der Waals surface area contributed by atoms with Gasteiger partial charge >= 0.3 is 0 Å². The van der Waals surface area contributed by atoms with Gasteiger partial charge < -0.3 is 10.1 Å². The average molecular weight is 211 g/mol. The van der Waals surface area contributed by atoms with Gasteiger partial charge in [-0.3, -0.25) is 0 Å². The third-order valence-electron chi connectivity index (χ3n) is 3.88. The van der Waals surface area contributed by atoms with Crippen molar-refractivity contribution in [1.82, 2.24) is 5.32 Å². The Morgan fingerprint density at radius 1 is 1.20 bits per heavy atom. The van der Waals surface area contributed by atoms with Crippen molar-refractivity contribution in [3.63, 3.8) is 0 Å². The molecule has 0 aromatic carbocycles. The Balaban J connectivity index is 1.68. The minimum Gasteiger partial charge on any atom is -0.375 e. The molecule has 1 saturated carbocycles. The van der Waals surface area contributed by atoms with Crippen molar-refractivity contribution in [2.45, 2.75) is 77.2 Å². The summed E-state index contributed by atoms with van der Waals surface area (Å²) in [4.78, 5) is 0. The van der Waals surface area contributed by atoms with Gasteiger partial charge in [0.25, 0.3) is 0 Å². The molecule has 1 heterocycles. The fraction of sp³-hybridized carbons (Fsp3) is 1.00. The maximum atomic E-state index is 5.87. The summed E-state index contributed by atoms with van der Waals surface area (Å²) in [5, 5.41) is 3.68. The lowest BCUT2D eigenvalue weighted by molar-refractivity contribution is 0.0393. The van der Waals surface area contributed by atoms with E-state index < -0.39 is 0 Å². The van der Waals surface area contributed by atoms with E-state index in [0.29, 0.717) is 18.2 Å². The van der Waals surface area contributed by atoms with Gasteiger partial charge in [0.1, 0.15) is 0 Å². The zero-order valence-electron chi connectivity index (χ0n) is 10.3. The van der Waals surface area contributed by atoms with Crippen molar-refractivity contribution < 1.29 is 4.74 Å². The van der Waals surface area contributed by atoms with Crippen molar-refractivity contribution in [2.75, 3.05) is 0 Å². The molecule has 2 heteroatoms. The Morgan fingerprint density at radius 2 is 1.93 bits per heavy atom. The van der Waals surface area contributed by atoms with E-state index >= 15 is 0 Å². The Morgan fingerprint density at radius 3 is 2.47 bits per heavy atom. The van der Waals surface area contributed by atoms with Crippen LogP contribution in [0, 0.1) is 5.92 Å². The Bertz CT molecular complexity index is 203. The van der Waals surface area contributed by atoms with E-state index in [2.05, 4.69) is 26.1 Å². The van der Waals surface area contributed by atoms with Gasteiger partial charge in [-0.2, -0.15) is 0 Å². The predicted octanol–water partition coefficient (Wildman–Crippen LogP) is 2.72. The van der Waals surface area contributed by atoms with Gasteiger partial charge in [0.2, 0.25) is 0 Å². The van der Waals surface area contributed by atoms with E-state index in [-0.39, 0.29) is 0 Å². The standard InChI is InChI=1S/C13H25NO/c1-9(11(3)14-12-5-6-12)8-13-7-4-10(2)15-13/h9-14H,4-8H2,1-3H3. The first-order chi connectivity index (χ1) is 7.15. The minimum atomic E-state index is 0.494. The number of ether oxygens (including phenoxy) is 1. The summed E-state index contributed by atoms with van der Waals surface area (Å²) in [7, 11) is 0. The van der Waals surface area contributed by atoms with Crippen molar-refractivity contribution in [3.8, 4) is 0 Å². The van der Waals surface area contributed by atoms with Crippen molar-refractivity contribution in [3.05, 3.63) is 0 Å². The van der Waals surface area contributed by atoms with Crippen LogP contribution < -0.4 is 5.32 Å². The van der Waals surface area contributed by atoms with Crippen LogP contribution in [0.15, 0.2) is 0 Å². The second kappa shape index (κ2) is 4.84. The maximum absolute atomic E-state index is 5.87. The van der Waals surface area contributed by atoms with Crippen LogP contribution in [0.4, 0.5) is 0 Å². The maximum Gasteiger partial charge on any atom is 0.0582 e. The molecule has 0 bridgehead atoms. The van der Waals surface area contributed by atoms with Gasteiger partial charge in [-0.25, -0.2) is 0 Å². The summed E-state index contributed by atoms with van der Waals surface area (Å²) in [6, 6.07) is 1.47. The van der Waals surface area contributed by atoms with Crippen molar-refractivity contribution >= 4 is 0 Å². The summed E-state index contributed by atoms with van der Waals surface area (Å²) in [6.07, 6.45) is 7.53. The quantitative estimate of drug-likeness (QED) is 0.755. The second-order valence-corrected chi connectivity index (χ2v) is 5.59. The van der Waals surface area contributed by atoms with E-state index in [1.165, 1.54) is 32.1 Å². The Hall–Kier alpha value is -0.0800. The molecule has 1 saturated heterocycles. The zero-order valence-corrected chi connectivity index (χ0v) is 10.3. The van der Waals surface area contributed by atoms with E-state index in [4.69, 9.17) is 4.74 Å². The molecule has 0 amide bonds. The van der Waals surface area contributed by atoms with Crippen molar-refractivity contribution in [2.24, 2.45) is 5.92 Å². The van der Waals surface area contributed by atoms with Crippen molar-refractivity contribution in [1.29, 1.82) is 0 Å². The van der Waals surface area contributed by atoms with E-state index in [0.717, 1.165) is 12.0 Å².